The van der Waals surface area contributed by atoms with Crippen LogP contribution in [0.4, 0.5) is 4.79 Å². The SMILES string of the molecule is CC(C)CCCCOC1CN(C(=O)OC(C)(C)C)CC1Br. The molecule has 1 heterocycles. The van der Waals surface area contributed by atoms with Crippen LogP contribution in [-0.2, 0) is 9.47 Å². The molecular weight excluding hydrogens is 334 g/mol. The lowest BCUT2D eigenvalue weighted by Crippen LogP contribution is -2.36. The summed E-state index contributed by atoms with van der Waals surface area (Å²) in [6, 6.07) is 0. The van der Waals surface area contributed by atoms with Crippen molar-refractivity contribution in [2.45, 2.75) is 70.4 Å². The number of ether oxygens (including phenoxy) is 2. The van der Waals surface area contributed by atoms with E-state index in [9.17, 15) is 4.79 Å². The summed E-state index contributed by atoms with van der Waals surface area (Å²) in [6.07, 6.45) is 3.35. The first-order chi connectivity index (χ1) is 9.69. The largest absolute Gasteiger partial charge is 0.444 e. The highest BCUT2D eigenvalue weighted by Gasteiger charge is 2.36. The lowest BCUT2D eigenvalue weighted by atomic mass is 10.1. The fourth-order valence-corrected chi connectivity index (χ4v) is 2.93. The fourth-order valence-electron chi connectivity index (χ4n) is 2.26. The van der Waals surface area contributed by atoms with Crippen LogP contribution in [0.1, 0.15) is 53.9 Å². The van der Waals surface area contributed by atoms with Gasteiger partial charge in [-0.25, -0.2) is 4.79 Å². The summed E-state index contributed by atoms with van der Waals surface area (Å²) in [4.78, 5) is 13.9. The number of alkyl halides is 1. The Morgan fingerprint density at radius 2 is 1.95 bits per heavy atom. The van der Waals surface area contributed by atoms with Crippen LogP contribution in [0.3, 0.4) is 0 Å². The Labute approximate surface area is 137 Å². The predicted molar refractivity (Wildman–Crippen MR) is 89.0 cm³/mol. The van der Waals surface area contributed by atoms with Crippen molar-refractivity contribution in [3.8, 4) is 0 Å². The summed E-state index contributed by atoms with van der Waals surface area (Å²) in [7, 11) is 0. The summed E-state index contributed by atoms with van der Waals surface area (Å²) < 4.78 is 11.3. The second-order valence-corrected chi connectivity index (χ2v) is 8.38. The Kier molecular flexibility index (Phi) is 7.48. The van der Waals surface area contributed by atoms with Crippen LogP contribution in [0.15, 0.2) is 0 Å². The van der Waals surface area contributed by atoms with Gasteiger partial charge in [0, 0.05) is 13.2 Å². The van der Waals surface area contributed by atoms with Gasteiger partial charge < -0.3 is 14.4 Å². The lowest BCUT2D eigenvalue weighted by molar-refractivity contribution is 0.0208. The van der Waals surface area contributed by atoms with E-state index in [-0.39, 0.29) is 17.0 Å². The van der Waals surface area contributed by atoms with Gasteiger partial charge in [0.15, 0.2) is 0 Å². The molecule has 0 N–H and O–H groups in total. The summed E-state index contributed by atoms with van der Waals surface area (Å²) in [5.41, 5.74) is -0.450. The molecule has 0 radical (unpaired) electrons. The van der Waals surface area contributed by atoms with Crippen molar-refractivity contribution in [2.24, 2.45) is 5.92 Å². The minimum Gasteiger partial charge on any atom is -0.444 e. The van der Waals surface area contributed by atoms with Crippen molar-refractivity contribution < 1.29 is 14.3 Å². The van der Waals surface area contributed by atoms with Gasteiger partial charge in [-0.3, -0.25) is 0 Å². The fraction of sp³-hybridized carbons (Fsp3) is 0.938. The van der Waals surface area contributed by atoms with E-state index >= 15 is 0 Å². The molecule has 0 aromatic carbocycles. The molecule has 0 bridgehead atoms. The molecule has 124 valence electrons. The van der Waals surface area contributed by atoms with E-state index in [1.54, 1.807) is 4.90 Å². The first-order valence-electron chi connectivity index (χ1n) is 7.92. The summed E-state index contributed by atoms with van der Waals surface area (Å²) in [6.45, 7) is 12.2. The highest BCUT2D eigenvalue weighted by Crippen LogP contribution is 2.23. The molecule has 1 aliphatic rings. The molecule has 0 aromatic heterocycles. The molecule has 2 atom stereocenters. The molecule has 4 nitrogen and oxygen atoms in total. The smallest absolute Gasteiger partial charge is 0.410 e. The number of nitrogens with zero attached hydrogens (tertiary/aromatic N) is 1. The van der Waals surface area contributed by atoms with Gasteiger partial charge in [-0.1, -0.05) is 42.6 Å². The third-order valence-electron chi connectivity index (χ3n) is 3.36. The van der Waals surface area contributed by atoms with Gasteiger partial charge in [-0.2, -0.15) is 0 Å². The van der Waals surface area contributed by atoms with Gasteiger partial charge in [-0.05, 0) is 33.1 Å². The van der Waals surface area contributed by atoms with Crippen molar-refractivity contribution in [2.75, 3.05) is 19.7 Å². The number of likely N-dealkylation sites (tertiary alicyclic amines) is 1. The lowest BCUT2D eigenvalue weighted by Gasteiger charge is -2.24. The molecule has 1 amide bonds. The number of carbonyl (C=O) groups is 1. The molecule has 0 aromatic rings. The minimum atomic E-state index is -0.450. The molecule has 1 fully saturated rings. The highest BCUT2D eigenvalue weighted by atomic mass is 79.9. The van der Waals surface area contributed by atoms with E-state index in [4.69, 9.17) is 9.47 Å². The van der Waals surface area contributed by atoms with E-state index in [1.807, 2.05) is 20.8 Å². The van der Waals surface area contributed by atoms with E-state index in [1.165, 1.54) is 12.8 Å². The maximum Gasteiger partial charge on any atom is 0.410 e. The Morgan fingerprint density at radius 3 is 2.52 bits per heavy atom. The van der Waals surface area contributed by atoms with Gasteiger partial charge >= 0.3 is 6.09 Å². The monoisotopic (exact) mass is 363 g/mol. The summed E-state index contributed by atoms with van der Waals surface area (Å²) in [5.74, 6) is 0.753. The van der Waals surface area contributed by atoms with Crippen LogP contribution in [0, 0.1) is 5.92 Å². The standard InChI is InChI=1S/C16H30BrNO3/c1-12(2)8-6-7-9-20-14-11-18(10-13(14)17)15(19)21-16(3,4)5/h12-14H,6-11H2,1-5H3. The Bertz CT molecular complexity index is 328. The number of amides is 1. The minimum absolute atomic E-state index is 0.0663. The summed E-state index contributed by atoms with van der Waals surface area (Å²) >= 11 is 3.61. The van der Waals surface area contributed by atoms with E-state index in [2.05, 4.69) is 29.8 Å². The zero-order valence-corrected chi connectivity index (χ0v) is 15.6. The molecule has 0 aliphatic carbocycles. The van der Waals surface area contributed by atoms with Crippen LogP contribution < -0.4 is 0 Å². The average molecular weight is 364 g/mol. The maximum atomic E-state index is 12.0. The first-order valence-corrected chi connectivity index (χ1v) is 8.84. The zero-order valence-electron chi connectivity index (χ0n) is 14.0. The van der Waals surface area contributed by atoms with Crippen molar-refractivity contribution in [3.63, 3.8) is 0 Å². The Balaban J connectivity index is 2.27. The molecular formula is C16H30BrNO3. The van der Waals surface area contributed by atoms with Crippen LogP contribution in [0.5, 0.6) is 0 Å². The quantitative estimate of drug-likeness (QED) is 0.523. The first kappa shape index (κ1) is 18.8. The molecule has 1 aliphatic heterocycles. The average Bonchev–Trinajstić information content (AvgIpc) is 2.68. The number of hydrogen-bond acceptors (Lipinski definition) is 3. The normalized spacial score (nSPS) is 22.9. The molecule has 1 rings (SSSR count). The molecule has 0 saturated carbocycles. The van der Waals surface area contributed by atoms with E-state index < -0.39 is 5.60 Å². The van der Waals surface area contributed by atoms with Crippen LogP contribution >= 0.6 is 15.9 Å². The molecule has 5 heteroatoms. The third kappa shape index (κ3) is 7.50. The van der Waals surface area contributed by atoms with Crippen molar-refractivity contribution in [1.29, 1.82) is 0 Å². The third-order valence-corrected chi connectivity index (χ3v) is 4.24. The number of halogens is 1. The van der Waals surface area contributed by atoms with Crippen molar-refractivity contribution in [1.82, 2.24) is 4.90 Å². The van der Waals surface area contributed by atoms with Crippen LogP contribution in [0.2, 0.25) is 0 Å². The summed E-state index contributed by atoms with van der Waals surface area (Å²) in [5, 5.41) is 0. The van der Waals surface area contributed by atoms with Gasteiger partial charge in [0.2, 0.25) is 0 Å². The topological polar surface area (TPSA) is 38.8 Å². The van der Waals surface area contributed by atoms with E-state index in [0.29, 0.717) is 13.1 Å². The zero-order chi connectivity index (χ0) is 16.0. The van der Waals surface area contributed by atoms with Crippen molar-refractivity contribution in [3.05, 3.63) is 0 Å². The van der Waals surface area contributed by atoms with E-state index in [0.717, 1.165) is 18.9 Å². The Hall–Kier alpha value is -0.290. The molecule has 2 unspecified atom stereocenters. The number of hydrogen-bond donors (Lipinski definition) is 0. The second kappa shape index (κ2) is 8.37. The van der Waals surface area contributed by atoms with Gasteiger partial charge in [0.25, 0.3) is 0 Å². The van der Waals surface area contributed by atoms with Crippen LogP contribution in [-0.4, -0.2) is 47.2 Å². The molecule has 1 saturated heterocycles. The van der Waals surface area contributed by atoms with Crippen molar-refractivity contribution >= 4 is 22.0 Å². The highest BCUT2D eigenvalue weighted by molar-refractivity contribution is 9.09. The second-order valence-electron chi connectivity index (χ2n) is 7.20. The van der Waals surface area contributed by atoms with Gasteiger partial charge in [0.05, 0.1) is 17.5 Å². The number of carbonyl (C=O) groups excluding carboxylic acids is 1. The number of rotatable bonds is 6. The number of unbranched alkanes of at least 4 members (excludes halogenated alkanes) is 1. The van der Waals surface area contributed by atoms with Gasteiger partial charge in [-0.15, -0.1) is 0 Å². The molecule has 0 spiro atoms. The predicted octanol–water partition coefficient (Wildman–Crippen LogP) is 4.21. The maximum absolute atomic E-state index is 12.0. The Morgan fingerprint density at radius 1 is 1.29 bits per heavy atom. The molecule has 21 heavy (non-hydrogen) atoms. The van der Waals surface area contributed by atoms with Crippen LogP contribution in [0.25, 0.3) is 0 Å². The van der Waals surface area contributed by atoms with Gasteiger partial charge in [0.1, 0.15) is 5.60 Å².